The van der Waals surface area contributed by atoms with E-state index in [0.29, 0.717) is 37.0 Å². The molecule has 1 atom stereocenters. The maximum Gasteiger partial charge on any atom is 0.301 e. The molecule has 4 heterocycles. The smallest absolute Gasteiger partial charge is 0.301 e. The quantitative estimate of drug-likeness (QED) is 0.0685. The molecule has 0 bridgehead atoms. The van der Waals surface area contributed by atoms with Gasteiger partial charge >= 0.3 is 5.91 Å². The van der Waals surface area contributed by atoms with Crippen molar-refractivity contribution in [1.82, 2.24) is 19.6 Å². The fourth-order valence-electron chi connectivity index (χ4n) is 4.90. The summed E-state index contributed by atoms with van der Waals surface area (Å²) in [6, 6.07) is 15.6. The van der Waals surface area contributed by atoms with Gasteiger partial charge in [-0.25, -0.2) is 4.98 Å². The first-order chi connectivity index (χ1) is 20.1. The monoisotopic (exact) mass is 635 g/mol. The van der Waals surface area contributed by atoms with Crippen LogP contribution in [0.15, 0.2) is 70.7 Å². The molecule has 0 spiro atoms. The highest BCUT2D eigenvalue weighted by Gasteiger charge is 2.48. The third-order valence-corrected chi connectivity index (χ3v) is 9.81. The normalized spacial score (nSPS) is 16.6. The van der Waals surface area contributed by atoms with Gasteiger partial charge in [0.2, 0.25) is 5.13 Å². The Bertz CT molecular complexity index is 1920. The zero-order valence-electron chi connectivity index (χ0n) is 22.6. The van der Waals surface area contributed by atoms with Gasteiger partial charge in [-0.15, -0.1) is 10.2 Å². The molecule has 0 aliphatic carbocycles. The second-order valence-corrected chi connectivity index (χ2v) is 12.9. The van der Waals surface area contributed by atoms with Crippen molar-refractivity contribution in [3.8, 4) is 0 Å². The summed E-state index contributed by atoms with van der Waals surface area (Å²) in [6.07, 6.45) is 1.84. The van der Waals surface area contributed by atoms with Gasteiger partial charge in [0, 0.05) is 22.0 Å². The lowest BCUT2D eigenvalue weighted by Gasteiger charge is -2.22. The van der Waals surface area contributed by atoms with Gasteiger partial charge in [-0.1, -0.05) is 88.3 Å². The lowest BCUT2D eigenvalue weighted by atomic mass is 9.96. The van der Waals surface area contributed by atoms with Crippen LogP contribution >= 0.6 is 46.3 Å². The van der Waals surface area contributed by atoms with Gasteiger partial charge in [-0.3, -0.25) is 14.5 Å². The van der Waals surface area contributed by atoms with Gasteiger partial charge in [0.1, 0.15) is 11.3 Å². The van der Waals surface area contributed by atoms with Crippen molar-refractivity contribution < 1.29 is 14.7 Å². The van der Waals surface area contributed by atoms with Crippen LogP contribution in [0.4, 0.5) is 5.13 Å². The van der Waals surface area contributed by atoms with Gasteiger partial charge < -0.3 is 9.51 Å². The summed E-state index contributed by atoms with van der Waals surface area (Å²) in [7, 11) is 0. The van der Waals surface area contributed by atoms with E-state index in [1.54, 1.807) is 12.1 Å². The lowest BCUT2D eigenvalue weighted by molar-refractivity contribution is -0.132. The Morgan fingerprint density at radius 2 is 1.81 bits per heavy atom. The van der Waals surface area contributed by atoms with E-state index >= 15 is 0 Å². The molecule has 1 aliphatic rings. The molecule has 6 rings (SSSR count). The second kappa shape index (κ2) is 11.2. The van der Waals surface area contributed by atoms with Crippen molar-refractivity contribution in [3.05, 3.63) is 110 Å². The number of aliphatic hydroxyl groups excluding tert-OH is 1. The standard InChI is InChI=1S/C30H23Cl2N5O3S2/c1-15-6-8-18(9-7-15)24-22(25(38)23-17(3)36-12-4-5-16(2)27(36)33-23)26(39)28(40)37(24)29-34-35-30(42-29)41-14-19-10-11-20(31)13-21(19)32/h4-13,24,38H,14H2,1-3H3/b25-22+. The molecule has 1 N–H and O–H groups in total. The molecule has 1 saturated heterocycles. The zero-order chi connectivity index (χ0) is 29.7. The Kier molecular flexibility index (Phi) is 7.57. The minimum atomic E-state index is -0.924. The van der Waals surface area contributed by atoms with Crippen LogP contribution in [-0.2, 0) is 15.3 Å². The number of aryl methyl sites for hydroxylation is 3. The van der Waals surface area contributed by atoms with Crippen molar-refractivity contribution in [2.45, 2.75) is 36.9 Å². The molecule has 12 heteroatoms. The molecule has 2 aromatic carbocycles. The average molecular weight is 637 g/mol. The predicted molar refractivity (Wildman–Crippen MR) is 167 cm³/mol. The maximum atomic E-state index is 13.6. The van der Waals surface area contributed by atoms with E-state index in [2.05, 4.69) is 15.2 Å². The highest BCUT2D eigenvalue weighted by Crippen LogP contribution is 2.44. The van der Waals surface area contributed by atoms with Crippen molar-refractivity contribution in [2.75, 3.05) is 4.90 Å². The first-order valence-electron chi connectivity index (χ1n) is 12.9. The van der Waals surface area contributed by atoms with Crippen LogP contribution in [0.1, 0.15) is 39.7 Å². The summed E-state index contributed by atoms with van der Waals surface area (Å²) in [5.74, 6) is -1.44. The van der Waals surface area contributed by atoms with Crippen LogP contribution in [0.2, 0.25) is 10.0 Å². The van der Waals surface area contributed by atoms with Crippen molar-refractivity contribution in [3.63, 3.8) is 0 Å². The summed E-state index contributed by atoms with van der Waals surface area (Å²) in [5, 5.41) is 21.5. The number of carbonyl (C=O) groups is 2. The number of hydrogen-bond donors (Lipinski definition) is 1. The number of hydrogen-bond acceptors (Lipinski definition) is 8. The second-order valence-electron chi connectivity index (χ2n) is 9.89. The number of amides is 1. The Morgan fingerprint density at radius 3 is 2.52 bits per heavy atom. The summed E-state index contributed by atoms with van der Waals surface area (Å²) in [4.78, 5) is 33.2. The first kappa shape index (κ1) is 28.4. The van der Waals surface area contributed by atoms with Gasteiger partial charge in [0.25, 0.3) is 5.78 Å². The first-order valence-corrected chi connectivity index (χ1v) is 15.4. The molecule has 5 aromatic rings. The minimum Gasteiger partial charge on any atom is -0.505 e. The Morgan fingerprint density at radius 1 is 1.05 bits per heavy atom. The van der Waals surface area contributed by atoms with Crippen molar-refractivity contribution in [2.24, 2.45) is 0 Å². The predicted octanol–water partition coefficient (Wildman–Crippen LogP) is 7.34. The molecule has 212 valence electrons. The number of benzene rings is 2. The zero-order valence-corrected chi connectivity index (χ0v) is 25.8. The molecule has 8 nitrogen and oxygen atoms in total. The van der Waals surface area contributed by atoms with Gasteiger partial charge in [0.05, 0.1) is 17.3 Å². The number of carbonyl (C=O) groups excluding carboxylic acids is 2. The van der Waals surface area contributed by atoms with Crippen LogP contribution in [0.25, 0.3) is 11.4 Å². The molecule has 1 amide bonds. The number of ketones is 1. The molecule has 1 aliphatic heterocycles. The third kappa shape index (κ3) is 4.98. The van der Waals surface area contributed by atoms with E-state index in [1.165, 1.54) is 28.0 Å². The molecule has 42 heavy (non-hydrogen) atoms. The van der Waals surface area contributed by atoms with Crippen LogP contribution in [0.3, 0.4) is 0 Å². The molecular formula is C30H23Cl2N5O3S2. The van der Waals surface area contributed by atoms with E-state index in [1.807, 2.05) is 73.8 Å². The molecule has 3 aromatic heterocycles. The van der Waals surface area contributed by atoms with Gasteiger partial charge in [0.15, 0.2) is 10.1 Å². The Balaban J connectivity index is 1.42. The minimum absolute atomic E-state index is 0.0506. The Labute approximate surface area is 259 Å². The van der Waals surface area contributed by atoms with Crippen LogP contribution in [0, 0.1) is 20.8 Å². The topological polar surface area (TPSA) is 101 Å². The average Bonchev–Trinajstić information content (AvgIpc) is 3.64. The van der Waals surface area contributed by atoms with Gasteiger partial charge in [-0.2, -0.15) is 0 Å². The summed E-state index contributed by atoms with van der Waals surface area (Å²) in [6.45, 7) is 5.68. The number of nitrogens with zero attached hydrogens (tertiary/aromatic N) is 5. The number of Topliss-reactive ketones (excluding diaryl/α,β-unsaturated/α-hetero) is 1. The summed E-state index contributed by atoms with van der Waals surface area (Å²) < 4.78 is 2.44. The fourth-order valence-corrected chi connectivity index (χ4v) is 7.33. The van der Waals surface area contributed by atoms with Gasteiger partial charge in [-0.05, 0) is 55.7 Å². The molecule has 0 radical (unpaired) electrons. The summed E-state index contributed by atoms with van der Waals surface area (Å²) in [5.41, 5.74) is 4.95. The number of rotatable bonds is 6. The van der Waals surface area contributed by atoms with E-state index in [0.717, 1.165) is 16.7 Å². The van der Waals surface area contributed by atoms with E-state index in [9.17, 15) is 14.7 Å². The van der Waals surface area contributed by atoms with E-state index in [4.69, 9.17) is 23.2 Å². The number of halogens is 2. The fraction of sp³-hybridized carbons (Fsp3) is 0.167. The number of pyridine rings is 1. The number of fused-ring (bicyclic) bond motifs is 1. The molecule has 1 unspecified atom stereocenters. The van der Waals surface area contributed by atoms with Crippen molar-refractivity contribution in [1.29, 1.82) is 0 Å². The largest absolute Gasteiger partial charge is 0.505 e. The molecular weight excluding hydrogens is 613 g/mol. The molecule has 1 fully saturated rings. The Hall–Kier alpha value is -3.70. The lowest BCUT2D eigenvalue weighted by Crippen LogP contribution is -2.29. The number of thioether (sulfide) groups is 1. The number of aromatic nitrogens is 4. The van der Waals surface area contributed by atoms with Crippen LogP contribution in [-0.4, -0.2) is 36.4 Å². The number of anilines is 1. The highest BCUT2D eigenvalue weighted by molar-refractivity contribution is 8.00. The number of aliphatic hydroxyl groups is 1. The summed E-state index contributed by atoms with van der Waals surface area (Å²) >= 11 is 14.9. The van der Waals surface area contributed by atoms with E-state index in [-0.39, 0.29) is 22.2 Å². The maximum absolute atomic E-state index is 13.6. The third-order valence-electron chi connectivity index (χ3n) is 7.11. The highest BCUT2D eigenvalue weighted by atomic mass is 35.5. The van der Waals surface area contributed by atoms with Crippen LogP contribution in [0.5, 0.6) is 0 Å². The van der Waals surface area contributed by atoms with E-state index < -0.39 is 17.7 Å². The van der Waals surface area contributed by atoms with Crippen LogP contribution < -0.4 is 4.90 Å². The SMILES string of the molecule is Cc1ccc(C2/C(=C(\O)c3nc4c(C)cccn4c3C)C(=O)C(=O)N2c2nnc(SCc3ccc(Cl)cc3Cl)s2)cc1. The van der Waals surface area contributed by atoms with Crippen molar-refractivity contribution >= 4 is 74.5 Å². The number of imidazole rings is 1. The molecule has 0 saturated carbocycles.